The Morgan fingerprint density at radius 1 is 1.19 bits per heavy atom. The highest BCUT2D eigenvalue weighted by atomic mass is 32.2. The molecule has 1 aromatic heterocycles. The van der Waals surface area contributed by atoms with E-state index in [0.717, 1.165) is 5.56 Å². The van der Waals surface area contributed by atoms with Crippen molar-refractivity contribution in [2.45, 2.75) is 36.2 Å². The molecule has 3 heterocycles. The summed E-state index contributed by atoms with van der Waals surface area (Å²) in [5, 5.41) is 0. The van der Waals surface area contributed by atoms with Crippen LogP contribution in [0, 0.1) is 0 Å². The number of Topliss-reactive ketones (excluding diaryl/α,β-unsaturated/α-hetero) is 1. The van der Waals surface area contributed by atoms with Crippen molar-refractivity contribution >= 4 is 27.8 Å². The molecule has 2 atom stereocenters. The van der Waals surface area contributed by atoms with Gasteiger partial charge in [-0.05, 0) is 42.7 Å². The molecular weight excluding hydrogens is 436 g/mol. The summed E-state index contributed by atoms with van der Waals surface area (Å²) in [5.74, 6) is -0.174. The van der Waals surface area contributed by atoms with Gasteiger partial charge in [-0.25, -0.2) is 13.2 Å². The van der Waals surface area contributed by atoms with Crippen LogP contribution in [0.2, 0.25) is 0 Å². The van der Waals surface area contributed by atoms with Gasteiger partial charge in [-0.1, -0.05) is 12.1 Å². The Balaban J connectivity index is 1.41. The van der Waals surface area contributed by atoms with Crippen molar-refractivity contribution in [3.8, 4) is 5.75 Å². The van der Waals surface area contributed by atoms with E-state index < -0.39 is 28.2 Å². The summed E-state index contributed by atoms with van der Waals surface area (Å²) < 4.78 is 32.0. The average molecular weight is 458 g/mol. The van der Waals surface area contributed by atoms with Crippen LogP contribution < -0.4 is 10.5 Å². The van der Waals surface area contributed by atoms with Gasteiger partial charge in [0.25, 0.3) is 0 Å². The lowest BCUT2D eigenvalue weighted by atomic mass is 10.1. The molecule has 0 bridgehead atoms. The van der Waals surface area contributed by atoms with Crippen molar-refractivity contribution in [3.05, 3.63) is 54.4 Å². The zero-order valence-corrected chi connectivity index (χ0v) is 17.9. The van der Waals surface area contributed by atoms with Gasteiger partial charge in [0.05, 0.1) is 12.6 Å². The second-order valence-electron chi connectivity index (χ2n) is 7.66. The number of ketones is 1. The lowest BCUT2D eigenvalue weighted by Gasteiger charge is -2.24. The number of ether oxygens (including phenoxy) is 1. The van der Waals surface area contributed by atoms with Crippen LogP contribution in [0.4, 0.5) is 4.79 Å². The van der Waals surface area contributed by atoms with Crippen molar-refractivity contribution in [2.75, 3.05) is 13.1 Å². The van der Waals surface area contributed by atoms with E-state index in [1.54, 1.807) is 24.3 Å². The van der Waals surface area contributed by atoms with Gasteiger partial charge in [0, 0.05) is 25.4 Å². The first-order valence-electron chi connectivity index (χ1n) is 10.1. The number of carbonyl (C=O) groups excluding carboxylic acids is 3. The fourth-order valence-corrected chi connectivity index (χ4v) is 5.83. The van der Waals surface area contributed by atoms with Crippen molar-refractivity contribution in [3.63, 3.8) is 0 Å². The molecule has 32 heavy (non-hydrogen) atoms. The summed E-state index contributed by atoms with van der Waals surface area (Å²) in [6.07, 6.45) is 2.83. The number of hydrogen-bond acceptors (Lipinski definition) is 7. The molecule has 0 spiro atoms. The van der Waals surface area contributed by atoms with E-state index in [0.29, 0.717) is 25.1 Å². The monoisotopic (exact) mass is 458 g/mol. The van der Waals surface area contributed by atoms with Crippen LogP contribution in [-0.4, -0.2) is 65.6 Å². The SMILES string of the molecule is NC(=O)Oc1ccc(CCC(=O)N2CCC3C2C(=O)CN3S(=O)(=O)c2cccnc2)cc1. The van der Waals surface area contributed by atoms with E-state index >= 15 is 0 Å². The van der Waals surface area contributed by atoms with Crippen LogP contribution in [0.1, 0.15) is 18.4 Å². The van der Waals surface area contributed by atoms with Crippen molar-refractivity contribution < 1.29 is 27.5 Å². The molecule has 2 amide bonds. The second-order valence-corrected chi connectivity index (χ2v) is 9.55. The fourth-order valence-electron chi connectivity index (χ4n) is 4.24. The van der Waals surface area contributed by atoms with Gasteiger partial charge < -0.3 is 15.4 Å². The number of aromatic nitrogens is 1. The minimum Gasteiger partial charge on any atom is -0.411 e. The van der Waals surface area contributed by atoms with Crippen molar-refractivity contribution in [1.29, 1.82) is 0 Å². The van der Waals surface area contributed by atoms with Crippen molar-refractivity contribution in [2.24, 2.45) is 5.73 Å². The smallest absolute Gasteiger partial charge is 0.409 e. The molecule has 2 unspecified atom stereocenters. The van der Waals surface area contributed by atoms with Gasteiger partial charge in [0.1, 0.15) is 16.7 Å². The molecule has 0 saturated carbocycles. The number of rotatable bonds is 6. The molecule has 4 rings (SSSR count). The first-order chi connectivity index (χ1) is 15.3. The minimum absolute atomic E-state index is 0.0296. The summed E-state index contributed by atoms with van der Waals surface area (Å²) >= 11 is 0. The Hall–Kier alpha value is -3.31. The third-order valence-corrected chi connectivity index (χ3v) is 7.56. The number of nitrogens with zero attached hydrogens (tertiary/aromatic N) is 3. The third kappa shape index (κ3) is 4.21. The molecule has 11 heteroatoms. The molecule has 168 valence electrons. The molecule has 2 fully saturated rings. The fraction of sp³-hybridized carbons (Fsp3) is 0.333. The normalized spacial score (nSPS) is 20.9. The summed E-state index contributed by atoms with van der Waals surface area (Å²) in [4.78, 5) is 41.7. The molecule has 2 saturated heterocycles. The van der Waals surface area contributed by atoms with Gasteiger partial charge in [-0.3, -0.25) is 14.6 Å². The number of hydrogen-bond donors (Lipinski definition) is 1. The number of amides is 2. The molecule has 2 aliphatic heterocycles. The molecule has 0 radical (unpaired) electrons. The Morgan fingerprint density at radius 2 is 1.94 bits per heavy atom. The first kappa shape index (κ1) is 21.9. The van der Waals surface area contributed by atoms with Crippen LogP contribution in [0.15, 0.2) is 53.7 Å². The molecule has 0 aliphatic carbocycles. The van der Waals surface area contributed by atoms with E-state index in [1.165, 1.54) is 33.7 Å². The Kier molecular flexibility index (Phi) is 5.94. The van der Waals surface area contributed by atoms with Crippen LogP contribution in [0.3, 0.4) is 0 Å². The summed E-state index contributed by atoms with van der Waals surface area (Å²) in [7, 11) is -3.88. The van der Waals surface area contributed by atoms with Gasteiger partial charge >= 0.3 is 6.09 Å². The summed E-state index contributed by atoms with van der Waals surface area (Å²) in [6, 6.07) is 8.25. The lowest BCUT2D eigenvalue weighted by Crippen LogP contribution is -2.43. The summed E-state index contributed by atoms with van der Waals surface area (Å²) in [6.45, 7) is 0.0715. The molecule has 2 aromatic rings. The van der Waals surface area contributed by atoms with Crippen LogP contribution in [0.5, 0.6) is 5.75 Å². The highest BCUT2D eigenvalue weighted by Gasteiger charge is 2.53. The number of sulfonamides is 1. The quantitative estimate of drug-likeness (QED) is 0.672. The molecule has 2 aliphatic rings. The first-order valence-corrected chi connectivity index (χ1v) is 11.5. The highest BCUT2D eigenvalue weighted by molar-refractivity contribution is 7.89. The van der Waals surface area contributed by atoms with Gasteiger partial charge in [0.2, 0.25) is 15.9 Å². The maximum Gasteiger partial charge on any atom is 0.409 e. The highest BCUT2D eigenvalue weighted by Crippen LogP contribution is 2.34. The predicted molar refractivity (Wildman–Crippen MR) is 112 cm³/mol. The van der Waals surface area contributed by atoms with Gasteiger partial charge in [-0.15, -0.1) is 0 Å². The van der Waals surface area contributed by atoms with Crippen molar-refractivity contribution in [1.82, 2.24) is 14.2 Å². The van der Waals surface area contributed by atoms with E-state index in [2.05, 4.69) is 4.98 Å². The number of fused-ring (bicyclic) bond motifs is 1. The van der Waals surface area contributed by atoms with E-state index in [1.807, 2.05) is 0 Å². The Bertz CT molecular complexity index is 1140. The van der Waals surface area contributed by atoms with E-state index in [-0.39, 0.29) is 29.6 Å². The number of benzene rings is 1. The van der Waals surface area contributed by atoms with E-state index in [4.69, 9.17) is 10.5 Å². The van der Waals surface area contributed by atoms with Gasteiger partial charge in [-0.2, -0.15) is 4.31 Å². The Labute approximate surface area is 185 Å². The largest absolute Gasteiger partial charge is 0.411 e. The van der Waals surface area contributed by atoms with E-state index in [9.17, 15) is 22.8 Å². The number of aryl methyl sites for hydroxylation is 1. The maximum absolute atomic E-state index is 13.0. The second kappa shape index (κ2) is 8.67. The number of nitrogens with two attached hydrogens (primary N) is 1. The standard InChI is InChI=1S/C21H22N4O6S/c22-21(28)31-15-6-3-14(4-7-15)5-8-19(27)24-11-9-17-20(24)18(26)13-25(17)32(29,30)16-2-1-10-23-12-16/h1-4,6-7,10,12,17,20H,5,8-9,11,13H2,(H2,22,28). The molecule has 10 nitrogen and oxygen atoms in total. The molecule has 2 N–H and O–H groups in total. The van der Waals surface area contributed by atoms with Crippen LogP contribution >= 0.6 is 0 Å². The summed E-state index contributed by atoms with van der Waals surface area (Å²) in [5.41, 5.74) is 5.82. The Morgan fingerprint density at radius 3 is 2.59 bits per heavy atom. The zero-order chi connectivity index (χ0) is 22.9. The predicted octanol–water partition coefficient (Wildman–Crippen LogP) is 0.715. The molecular formula is C21H22N4O6S. The van der Waals surface area contributed by atoms with Crippen LogP contribution in [-0.2, 0) is 26.0 Å². The molecule has 1 aromatic carbocycles. The number of likely N-dealkylation sites (tertiary alicyclic amines) is 1. The average Bonchev–Trinajstić information content (AvgIpc) is 3.35. The minimum atomic E-state index is -3.88. The van der Waals surface area contributed by atoms with Crippen LogP contribution in [0.25, 0.3) is 0 Å². The number of primary amides is 1. The number of pyridine rings is 1. The maximum atomic E-state index is 13.0. The zero-order valence-electron chi connectivity index (χ0n) is 17.1. The lowest BCUT2D eigenvalue weighted by molar-refractivity contribution is -0.136. The van der Waals surface area contributed by atoms with Gasteiger partial charge in [0.15, 0.2) is 5.78 Å². The third-order valence-electron chi connectivity index (χ3n) is 5.71. The topological polar surface area (TPSA) is 140 Å². The number of carbonyl (C=O) groups is 3.